The number of rotatable bonds is 4. The Morgan fingerprint density at radius 3 is 2.61 bits per heavy atom. The van der Waals surface area contributed by atoms with E-state index in [1.807, 2.05) is 0 Å². The third-order valence-corrected chi connectivity index (χ3v) is 4.73. The van der Waals surface area contributed by atoms with Crippen LogP contribution in [0.4, 0.5) is 0 Å². The first-order chi connectivity index (χ1) is 8.81. The minimum atomic E-state index is 0.0665. The molecule has 1 saturated carbocycles. The summed E-state index contributed by atoms with van der Waals surface area (Å²) in [5.74, 6) is 2.13. The van der Waals surface area contributed by atoms with Crippen molar-refractivity contribution in [2.75, 3.05) is 25.6 Å². The molecule has 0 radical (unpaired) electrons. The predicted molar refractivity (Wildman–Crippen MR) is 72.7 cm³/mol. The van der Waals surface area contributed by atoms with Gasteiger partial charge in [0.05, 0.1) is 12.5 Å². The Morgan fingerprint density at radius 2 is 1.94 bits per heavy atom. The lowest BCUT2D eigenvalue weighted by Crippen LogP contribution is -2.40. The van der Waals surface area contributed by atoms with Gasteiger partial charge in [0.15, 0.2) is 0 Å². The quantitative estimate of drug-likeness (QED) is 0.800. The van der Waals surface area contributed by atoms with Gasteiger partial charge in [-0.1, -0.05) is 12.8 Å². The van der Waals surface area contributed by atoms with E-state index in [-0.39, 0.29) is 11.8 Å². The molecule has 1 amide bonds. The van der Waals surface area contributed by atoms with Gasteiger partial charge in [-0.3, -0.25) is 4.79 Å². The second-order valence-electron chi connectivity index (χ2n) is 5.62. The molecular weight excluding hydrogens is 250 g/mol. The minimum absolute atomic E-state index is 0.0665. The lowest BCUT2D eigenvalue weighted by molar-refractivity contribution is -0.129. The van der Waals surface area contributed by atoms with E-state index in [4.69, 9.17) is 16.3 Å². The number of hydrogen-bond donors (Lipinski definition) is 1. The van der Waals surface area contributed by atoms with Crippen molar-refractivity contribution in [1.82, 2.24) is 5.32 Å². The van der Waals surface area contributed by atoms with Gasteiger partial charge in [-0.25, -0.2) is 0 Å². The topological polar surface area (TPSA) is 38.3 Å². The normalized spacial score (nSPS) is 33.1. The highest BCUT2D eigenvalue weighted by molar-refractivity contribution is 6.18. The second-order valence-corrected chi connectivity index (χ2v) is 5.93. The Bertz CT molecular complexity index is 267. The van der Waals surface area contributed by atoms with Gasteiger partial charge in [0, 0.05) is 19.0 Å². The molecular formula is C14H24ClNO2. The summed E-state index contributed by atoms with van der Waals surface area (Å²) < 4.78 is 5.36. The molecule has 1 saturated heterocycles. The number of halogens is 1. The summed E-state index contributed by atoms with van der Waals surface area (Å²) >= 11 is 6.01. The van der Waals surface area contributed by atoms with Crippen molar-refractivity contribution in [3.8, 4) is 0 Å². The highest BCUT2D eigenvalue weighted by Gasteiger charge is 2.26. The van der Waals surface area contributed by atoms with Crippen molar-refractivity contribution in [3.05, 3.63) is 0 Å². The van der Waals surface area contributed by atoms with Crippen LogP contribution in [0.2, 0.25) is 0 Å². The van der Waals surface area contributed by atoms with E-state index in [1.54, 1.807) is 0 Å². The summed E-state index contributed by atoms with van der Waals surface area (Å²) in [5.41, 5.74) is 0. The molecule has 0 spiro atoms. The van der Waals surface area contributed by atoms with Crippen molar-refractivity contribution in [2.45, 2.75) is 38.5 Å². The number of nitrogens with one attached hydrogen (secondary N) is 1. The summed E-state index contributed by atoms with van der Waals surface area (Å²) in [7, 11) is 0. The van der Waals surface area contributed by atoms with Crippen LogP contribution in [-0.4, -0.2) is 31.5 Å². The first-order valence-electron chi connectivity index (χ1n) is 7.22. The fourth-order valence-corrected chi connectivity index (χ4v) is 3.49. The number of carbonyl (C=O) groups is 1. The summed E-state index contributed by atoms with van der Waals surface area (Å²) in [5, 5.41) is 3.11. The van der Waals surface area contributed by atoms with Gasteiger partial charge in [0.2, 0.25) is 5.91 Å². The highest BCUT2D eigenvalue weighted by atomic mass is 35.5. The van der Waals surface area contributed by atoms with Crippen LogP contribution < -0.4 is 5.32 Å². The van der Waals surface area contributed by atoms with Crippen LogP contribution in [0.15, 0.2) is 0 Å². The van der Waals surface area contributed by atoms with Crippen LogP contribution >= 0.6 is 11.6 Å². The molecule has 0 aromatic carbocycles. The summed E-state index contributed by atoms with van der Waals surface area (Å²) in [6.45, 7) is 2.20. The maximum atomic E-state index is 12.0. The Kier molecular flexibility index (Phi) is 5.77. The molecule has 0 bridgehead atoms. The van der Waals surface area contributed by atoms with Crippen LogP contribution in [0.25, 0.3) is 0 Å². The summed E-state index contributed by atoms with van der Waals surface area (Å²) in [6.07, 6.45) is 6.97. The molecule has 2 rings (SSSR count). The zero-order chi connectivity index (χ0) is 12.8. The standard InChI is InChI=1S/C14H24ClNO2/c15-8-11-4-1-2-5-12(11)9-16-14(17)13-6-3-7-18-10-13/h11-13H,1-10H2,(H,16,17). The number of ether oxygens (including phenoxy) is 1. The maximum Gasteiger partial charge on any atom is 0.225 e. The Labute approximate surface area is 115 Å². The van der Waals surface area contributed by atoms with E-state index in [0.717, 1.165) is 31.9 Å². The van der Waals surface area contributed by atoms with Crippen LogP contribution in [0.5, 0.6) is 0 Å². The van der Waals surface area contributed by atoms with Crippen molar-refractivity contribution >= 4 is 17.5 Å². The molecule has 1 aliphatic heterocycles. The zero-order valence-corrected chi connectivity index (χ0v) is 11.8. The monoisotopic (exact) mass is 273 g/mol. The van der Waals surface area contributed by atoms with Gasteiger partial charge in [-0.2, -0.15) is 0 Å². The summed E-state index contributed by atoms with van der Waals surface area (Å²) in [6, 6.07) is 0. The zero-order valence-electron chi connectivity index (χ0n) is 11.0. The molecule has 2 aliphatic rings. The number of amides is 1. The average molecular weight is 274 g/mol. The van der Waals surface area contributed by atoms with Crippen molar-refractivity contribution in [3.63, 3.8) is 0 Å². The fraction of sp³-hybridized carbons (Fsp3) is 0.929. The molecule has 3 unspecified atom stereocenters. The van der Waals surface area contributed by atoms with Gasteiger partial charge in [-0.15, -0.1) is 11.6 Å². The summed E-state index contributed by atoms with van der Waals surface area (Å²) in [4.78, 5) is 12.0. The van der Waals surface area contributed by atoms with Crippen molar-refractivity contribution in [2.24, 2.45) is 17.8 Å². The van der Waals surface area contributed by atoms with Crippen molar-refractivity contribution < 1.29 is 9.53 Å². The lowest BCUT2D eigenvalue weighted by Gasteiger charge is -2.31. The predicted octanol–water partition coefficient (Wildman–Crippen LogP) is 2.57. The third kappa shape index (κ3) is 3.86. The molecule has 2 fully saturated rings. The number of alkyl halides is 1. The molecule has 104 valence electrons. The molecule has 3 atom stereocenters. The first kappa shape index (κ1) is 14.1. The number of carbonyl (C=O) groups excluding carboxylic acids is 1. The molecule has 18 heavy (non-hydrogen) atoms. The van der Waals surface area contributed by atoms with E-state index in [0.29, 0.717) is 18.4 Å². The van der Waals surface area contributed by atoms with E-state index in [1.165, 1.54) is 25.7 Å². The smallest absolute Gasteiger partial charge is 0.225 e. The van der Waals surface area contributed by atoms with E-state index in [9.17, 15) is 4.79 Å². The first-order valence-corrected chi connectivity index (χ1v) is 7.76. The molecule has 3 nitrogen and oxygen atoms in total. The average Bonchev–Trinajstić information content (AvgIpc) is 2.46. The van der Waals surface area contributed by atoms with Gasteiger partial charge in [0.25, 0.3) is 0 Å². The second kappa shape index (κ2) is 7.34. The van der Waals surface area contributed by atoms with E-state index in [2.05, 4.69) is 5.32 Å². The molecule has 4 heteroatoms. The van der Waals surface area contributed by atoms with Gasteiger partial charge < -0.3 is 10.1 Å². The van der Waals surface area contributed by atoms with Crippen molar-refractivity contribution in [1.29, 1.82) is 0 Å². The fourth-order valence-electron chi connectivity index (χ4n) is 3.08. The SMILES string of the molecule is O=C(NCC1CCCCC1CCl)C1CCCOC1. The minimum Gasteiger partial charge on any atom is -0.381 e. The number of hydrogen-bond acceptors (Lipinski definition) is 2. The van der Waals surface area contributed by atoms with Gasteiger partial charge in [-0.05, 0) is 37.5 Å². The van der Waals surface area contributed by atoms with Gasteiger partial charge in [0.1, 0.15) is 0 Å². The molecule has 0 aromatic rings. The molecule has 1 heterocycles. The van der Waals surface area contributed by atoms with Crippen LogP contribution in [0, 0.1) is 17.8 Å². The Balaban J connectivity index is 1.73. The van der Waals surface area contributed by atoms with Crippen LogP contribution in [-0.2, 0) is 9.53 Å². The largest absolute Gasteiger partial charge is 0.381 e. The Morgan fingerprint density at radius 1 is 1.17 bits per heavy atom. The molecule has 1 N–H and O–H groups in total. The molecule has 0 aromatic heterocycles. The highest BCUT2D eigenvalue weighted by Crippen LogP contribution is 2.30. The van der Waals surface area contributed by atoms with Gasteiger partial charge >= 0.3 is 0 Å². The van der Waals surface area contributed by atoms with E-state index >= 15 is 0 Å². The van der Waals surface area contributed by atoms with E-state index < -0.39 is 0 Å². The molecule has 1 aliphatic carbocycles. The van der Waals surface area contributed by atoms with Crippen LogP contribution in [0.3, 0.4) is 0 Å². The van der Waals surface area contributed by atoms with Crippen LogP contribution in [0.1, 0.15) is 38.5 Å². The Hall–Kier alpha value is -0.280. The third-order valence-electron chi connectivity index (χ3n) is 4.33. The maximum absolute atomic E-state index is 12.0. The lowest BCUT2D eigenvalue weighted by atomic mass is 9.80.